The topological polar surface area (TPSA) is 94.6 Å². The van der Waals surface area contributed by atoms with E-state index < -0.39 is 0 Å². The number of hydrogen-bond donors (Lipinski definition) is 3. The maximum Gasteiger partial charge on any atom is 0.251 e. The van der Waals surface area contributed by atoms with E-state index in [0.717, 1.165) is 56.0 Å². The molecule has 1 heterocycles. The molecule has 1 aromatic heterocycles. The molecule has 4 rings (SSSR count). The molecule has 1 fully saturated rings. The van der Waals surface area contributed by atoms with Gasteiger partial charge in [-0.15, -0.1) is 0 Å². The summed E-state index contributed by atoms with van der Waals surface area (Å²) in [5.41, 5.74) is 4.04. The Hall–Kier alpha value is -3.55. The molecule has 0 atom stereocenters. The van der Waals surface area contributed by atoms with Crippen LogP contribution in [-0.2, 0) is 6.54 Å². The predicted molar refractivity (Wildman–Crippen MR) is 143 cm³/mol. The van der Waals surface area contributed by atoms with E-state index in [1.54, 1.807) is 12.4 Å². The highest BCUT2D eigenvalue weighted by Crippen LogP contribution is 2.30. The zero-order chi connectivity index (χ0) is 26.0. The molecule has 1 aliphatic carbocycles. The maximum absolute atomic E-state index is 13.0. The molecule has 190 valence electrons. The van der Waals surface area contributed by atoms with E-state index in [1.807, 2.05) is 74.8 Å². The molecule has 0 unspecified atom stereocenters. The molecule has 36 heavy (non-hydrogen) atoms. The molecule has 3 aromatic rings. The summed E-state index contributed by atoms with van der Waals surface area (Å²) in [6.07, 6.45) is 7.80. The van der Waals surface area contributed by atoms with Gasteiger partial charge in [-0.25, -0.2) is 0 Å². The highest BCUT2D eigenvalue weighted by molar-refractivity contribution is 5.95. The second kappa shape index (κ2) is 13.0. The van der Waals surface area contributed by atoms with Gasteiger partial charge < -0.3 is 20.6 Å². The number of carbonyl (C=O) groups is 2. The van der Waals surface area contributed by atoms with Gasteiger partial charge in [-0.3, -0.25) is 14.6 Å². The molecule has 2 amide bonds. The second-order valence-corrected chi connectivity index (χ2v) is 9.38. The molecule has 0 aliphatic heterocycles. The Bertz CT molecular complexity index is 1120. The highest BCUT2D eigenvalue weighted by atomic mass is 16.2. The maximum atomic E-state index is 13.0. The average molecular weight is 489 g/mol. The van der Waals surface area contributed by atoms with Gasteiger partial charge in [0.15, 0.2) is 0 Å². The number of rotatable bonds is 8. The Labute approximate surface area is 213 Å². The lowest BCUT2D eigenvalue weighted by Crippen LogP contribution is -2.52. The predicted octanol–water partition coefficient (Wildman–Crippen LogP) is 3.89. The number of likely N-dealkylation sites (N-methyl/N-ethyl adjacent to an activating group) is 1. The zero-order valence-electron chi connectivity index (χ0n) is 21.3. The Morgan fingerprint density at radius 3 is 2.17 bits per heavy atom. The van der Waals surface area contributed by atoms with Crippen molar-refractivity contribution in [3.63, 3.8) is 0 Å². The van der Waals surface area contributed by atoms with Crippen molar-refractivity contribution in [3.05, 3.63) is 89.7 Å². The van der Waals surface area contributed by atoms with Crippen LogP contribution in [0.5, 0.6) is 0 Å². The summed E-state index contributed by atoms with van der Waals surface area (Å²) in [5.74, 6) is -0.198. The largest absolute Gasteiger partial charge is 0.400 e. The van der Waals surface area contributed by atoms with Gasteiger partial charge in [0.05, 0.1) is 5.54 Å². The van der Waals surface area contributed by atoms with E-state index in [2.05, 4.69) is 20.5 Å². The van der Waals surface area contributed by atoms with Gasteiger partial charge in [0.25, 0.3) is 11.8 Å². The minimum atomic E-state index is -0.159. The number of pyridine rings is 1. The van der Waals surface area contributed by atoms with Crippen molar-refractivity contribution in [2.24, 2.45) is 0 Å². The Morgan fingerprint density at radius 1 is 0.889 bits per heavy atom. The average Bonchev–Trinajstić information content (AvgIpc) is 3.36. The zero-order valence-corrected chi connectivity index (χ0v) is 21.3. The van der Waals surface area contributed by atoms with Crippen molar-refractivity contribution in [1.29, 1.82) is 0 Å². The summed E-state index contributed by atoms with van der Waals surface area (Å²) in [7, 11) is 5.09. The summed E-state index contributed by atoms with van der Waals surface area (Å²) >= 11 is 0. The van der Waals surface area contributed by atoms with E-state index in [0.29, 0.717) is 17.7 Å². The fourth-order valence-corrected chi connectivity index (χ4v) is 4.76. The number of aliphatic hydroxyl groups is 1. The number of benzene rings is 2. The lowest BCUT2D eigenvalue weighted by molar-refractivity contribution is 0.0880. The van der Waals surface area contributed by atoms with Crippen molar-refractivity contribution in [2.45, 2.75) is 37.8 Å². The first-order valence-corrected chi connectivity index (χ1v) is 12.2. The van der Waals surface area contributed by atoms with E-state index in [-0.39, 0.29) is 17.4 Å². The third-order valence-corrected chi connectivity index (χ3v) is 6.36. The van der Waals surface area contributed by atoms with Gasteiger partial charge in [0, 0.05) is 43.7 Å². The lowest BCUT2D eigenvalue weighted by atomic mass is 9.96. The normalized spacial score (nSPS) is 14.0. The van der Waals surface area contributed by atoms with Crippen LogP contribution in [0.25, 0.3) is 11.1 Å². The van der Waals surface area contributed by atoms with Crippen LogP contribution in [0.1, 0.15) is 52.0 Å². The number of aliphatic hydroxyl groups excluding tert-OH is 1. The molecule has 0 bridgehead atoms. The van der Waals surface area contributed by atoms with Crippen LogP contribution in [0.4, 0.5) is 0 Å². The molecule has 0 saturated heterocycles. The summed E-state index contributed by atoms with van der Waals surface area (Å²) in [6, 6.07) is 18.9. The molecule has 7 heteroatoms. The molecule has 3 N–H and O–H groups in total. The minimum Gasteiger partial charge on any atom is -0.400 e. The third kappa shape index (κ3) is 7.23. The monoisotopic (exact) mass is 488 g/mol. The highest BCUT2D eigenvalue weighted by Gasteiger charge is 2.35. The number of nitrogens with zero attached hydrogens (tertiary/aromatic N) is 2. The van der Waals surface area contributed by atoms with E-state index in [4.69, 9.17) is 5.11 Å². The van der Waals surface area contributed by atoms with Crippen molar-refractivity contribution in [3.8, 4) is 11.1 Å². The number of aromatic nitrogens is 1. The van der Waals surface area contributed by atoms with Gasteiger partial charge in [0.2, 0.25) is 0 Å². The van der Waals surface area contributed by atoms with Crippen molar-refractivity contribution < 1.29 is 14.7 Å². The van der Waals surface area contributed by atoms with Gasteiger partial charge in [-0.1, -0.05) is 37.1 Å². The van der Waals surface area contributed by atoms with E-state index in [1.165, 1.54) is 0 Å². The minimum absolute atomic E-state index is 0.0522. The van der Waals surface area contributed by atoms with Crippen molar-refractivity contribution >= 4 is 11.8 Å². The van der Waals surface area contributed by atoms with Crippen LogP contribution in [0.2, 0.25) is 0 Å². The van der Waals surface area contributed by atoms with E-state index >= 15 is 0 Å². The molecule has 7 nitrogen and oxygen atoms in total. The number of amides is 2. The molecule has 1 aliphatic rings. The fourth-order valence-electron chi connectivity index (χ4n) is 4.76. The van der Waals surface area contributed by atoms with Gasteiger partial charge in [0.1, 0.15) is 0 Å². The molecule has 0 radical (unpaired) electrons. The summed E-state index contributed by atoms with van der Waals surface area (Å²) < 4.78 is 0. The number of carbonyl (C=O) groups excluding carboxylic acids is 2. The quantitative estimate of drug-likeness (QED) is 0.447. The molecule has 2 aromatic carbocycles. The first-order valence-electron chi connectivity index (χ1n) is 12.2. The first kappa shape index (κ1) is 27.0. The van der Waals surface area contributed by atoms with Crippen molar-refractivity contribution in [2.75, 3.05) is 27.7 Å². The van der Waals surface area contributed by atoms with Crippen LogP contribution in [0, 0.1) is 0 Å². The fraction of sp³-hybridized carbons (Fsp3) is 0.345. The Morgan fingerprint density at radius 2 is 1.53 bits per heavy atom. The summed E-state index contributed by atoms with van der Waals surface area (Å²) in [5, 5.41) is 13.3. The second-order valence-electron chi connectivity index (χ2n) is 9.38. The molecule has 1 saturated carbocycles. The van der Waals surface area contributed by atoms with Crippen LogP contribution < -0.4 is 10.6 Å². The SMILES string of the molecule is CN(C)CC1(NC(=O)c2cccc(CNC(=O)c3ccc(-c4ccncc4)cc3)c2)CCCC1.CO. The third-order valence-electron chi connectivity index (χ3n) is 6.36. The lowest BCUT2D eigenvalue weighted by Gasteiger charge is -2.33. The van der Waals surface area contributed by atoms with Gasteiger partial charge >= 0.3 is 0 Å². The van der Waals surface area contributed by atoms with Crippen LogP contribution in [-0.4, -0.2) is 60.1 Å². The summed E-state index contributed by atoms with van der Waals surface area (Å²) in [6.45, 7) is 1.20. The van der Waals surface area contributed by atoms with E-state index in [9.17, 15) is 9.59 Å². The Balaban J connectivity index is 0.00000176. The molecular formula is C29H36N4O3. The van der Waals surface area contributed by atoms with Crippen LogP contribution in [0.15, 0.2) is 73.1 Å². The number of hydrogen-bond acceptors (Lipinski definition) is 5. The molecule has 0 spiro atoms. The first-order chi connectivity index (χ1) is 17.4. The van der Waals surface area contributed by atoms with Crippen molar-refractivity contribution in [1.82, 2.24) is 20.5 Å². The Kier molecular flexibility index (Phi) is 9.73. The van der Waals surface area contributed by atoms with Crippen LogP contribution in [0.3, 0.4) is 0 Å². The molecular weight excluding hydrogens is 452 g/mol. The van der Waals surface area contributed by atoms with Gasteiger partial charge in [-0.2, -0.15) is 0 Å². The number of nitrogens with one attached hydrogen (secondary N) is 2. The summed E-state index contributed by atoms with van der Waals surface area (Å²) in [4.78, 5) is 31.9. The standard InChI is InChI=1S/C28H32N4O2.CH4O/c1-32(2)20-28(14-3-4-15-28)31-27(34)25-7-5-6-21(18-25)19-30-26(33)24-10-8-22(9-11-24)23-12-16-29-17-13-23;1-2/h5-13,16-18H,3-4,14-15,19-20H2,1-2H3,(H,30,33)(H,31,34);2H,1H3. The van der Waals surface area contributed by atoms with Gasteiger partial charge in [-0.05, 0) is 80.0 Å². The smallest absolute Gasteiger partial charge is 0.251 e. The van der Waals surface area contributed by atoms with Crippen LogP contribution >= 0.6 is 0 Å².